The van der Waals surface area contributed by atoms with Crippen LogP contribution in [0.3, 0.4) is 0 Å². The number of carboxylic acid groups (broad SMARTS) is 1. The van der Waals surface area contributed by atoms with E-state index in [9.17, 15) is 19.8 Å². The summed E-state index contributed by atoms with van der Waals surface area (Å²) in [6.45, 7) is 0. The first kappa shape index (κ1) is 40.7. The molecule has 7 N–H and O–H groups in total. The maximum atomic E-state index is 13.6. The quantitative estimate of drug-likeness (QED) is 0.0721. The van der Waals surface area contributed by atoms with Crippen LogP contribution >= 0.6 is 22.6 Å². The molecule has 2 unspecified atom stereocenters. The Morgan fingerprint density at radius 3 is 1.16 bits per heavy atom. The fourth-order valence-corrected chi connectivity index (χ4v) is 9.87. The van der Waals surface area contributed by atoms with Gasteiger partial charge in [0, 0.05) is 57.5 Å². The molecular formula is C54H44IN5O4. The highest BCUT2D eigenvalue weighted by Gasteiger charge is 2.30. The maximum absolute atomic E-state index is 13.6. The number of rotatable bonds is 9. The van der Waals surface area contributed by atoms with Gasteiger partial charge in [0.2, 0.25) is 0 Å². The highest BCUT2D eigenvalue weighted by Crippen LogP contribution is 2.41. The second kappa shape index (κ2) is 17.5. The molecule has 5 heterocycles. The van der Waals surface area contributed by atoms with Gasteiger partial charge >= 0.3 is 5.97 Å². The van der Waals surface area contributed by atoms with Gasteiger partial charge in [-0.15, -0.1) is 0 Å². The largest absolute Gasteiger partial charge is 0.507 e. The lowest BCUT2D eigenvalue weighted by Gasteiger charge is -2.21. The van der Waals surface area contributed by atoms with E-state index in [0.717, 1.165) is 62.2 Å². The first-order chi connectivity index (χ1) is 31.3. The number of carbonyl (C=O) groups excluding carboxylic acids is 1. The lowest BCUT2D eigenvalue weighted by molar-refractivity contribution is -0.139. The van der Waals surface area contributed by atoms with Crippen molar-refractivity contribution in [3.63, 3.8) is 0 Å². The normalized spacial score (nSPS) is 17.4. The number of carboxylic acids is 1. The topological polar surface area (TPSA) is 150 Å². The highest BCUT2D eigenvalue weighted by molar-refractivity contribution is 14.1. The predicted octanol–water partition coefficient (Wildman–Crippen LogP) is 10.8. The predicted molar refractivity (Wildman–Crippen MR) is 256 cm³/mol. The molecule has 9 aromatic rings. The van der Waals surface area contributed by atoms with Gasteiger partial charge in [0.15, 0.2) is 0 Å². The number of fused-ring (bicyclic) bond motifs is 8. The molecule has 5 aromatic carbocycles. The number of hydrogen-bond acceptors (Lipinski definition) is 3. The maximum Gasteiger partial charge on any atom is 0.326 e. The van der Waals surface area contributed by atoms with Crippen molar-refractivity contribution in [3.05, 3.63) is 264 Å². The van der Waals surface area contributed by atoms with Crippen molar-refractivity contribution in [2.24, 2.45) is 0 Å². The fourth-order valence-electron chi connectivity index (χ4n) is 9.29. The number of nitrogens with one attached hydrogen (secondary N) is 5. The van der Waals surface area contributed by atoms with E-state index in [4.69, 9.17) is 0 Å². The molecule has 10 rings (SSSR count). The molecule has 0 saturated heterocycles. The minimum atomic E-state index is -1.17. The van der Waals surface area contributed by atoms with Crippen molar-refractivity contribution in [2.75, 3.05) is 0 Å². The molecule has 1 amide bonds. The van der Waals surface area contributed by atoms with Crippen molar-refractivity contribution in [3.8, 4) is 5.75 Å². The van der Waals surface area contributed by atoms with Crippen LogP contribution in [0.5, 0.6) is 5.75 Å². The summed E-state index contributed by atoms with van der Waals surface area (Å²) in [7, 11) is 0. The summed E-state index contributed by atoms with van der Waals surface area (Å²) in [6, 6.07) is 60.3. The third-order valence-corrected chi connectivity index (χ3v) is 13.2. The Labute approximate surface area is 383 Å². The third kappa shape index (κ3) is 8.08. The Hall–Kier alpha value is -7.31. The SMILES string of the molecule is O=C(N[C@@H](Cc1ccc(O)c(I)c1)C(=O)O)c1ccc(C2c3ccc([nH]3)C(c3ccccc3)c3ccc([nH]3)C(c3ccccc3)c3ccc([nH]3)C(c3ccccc3)c3ccc2[nH]3)cc1. The molecule has 9 nitrogen and oxygen atoms in total. The Balaban J connectivity index is 1.07. The molecule has 0 fully saturated rings. The molecule has 4 aromatic heterocycles. The number of aliphatic carboxylic acids is 1. The average Bonchev–Trinajstić information content (AvgIpc) is 4.17. The Morgan fingerprint density at radius 2 is 0.828 bits per heavy atom. The van der Waals surface area contributed by atoms with E-state index in [2.05, 4.69) is 153 Å². The van der Waals surface area contributed by atoms with Crippen molar-refractivity contribution in [1.29, 1.82) is 0 Å². The summed E-state index contributed by atoms with van der Waals surface area (Å²) in [5.74, 6) is -2.14. The van der Waals surface area contributed by atoms with Gasteiger partial charge in [-0.1, -0.05) is 109 Å². The number of aromatic nitrogens is 4. The fraction of sp³-hybridized carbons (Fsp3) is 0.111. The minimum absolute atomic E-state index is 0.0665. The van der Waals surface area contributed by atoms with Crippen LogP contribution in [0, 0.1) is 3.57 Å². The monoisotopic (exact) mass is 953 g/mol. The summed E-state index contributed by atoms with van der Waals surface area (Å²) in [6.07, 6.45) is 0.0665. The molecule has 1 aliphatic heterocycles. The van der Waals surface area contributed by atoms with E-state index < -0.39 is 17.9 Å². The zero-order valence-electron chi connectivity index (χ0n) is 34.5. The molecule has 1 aliphatic rings. The Kier molecular flexibility index (Phi) is 11.1. The highest BCUT2D eigenvalue weighted by atomic mass is 127. The Bertz CT molecular complexity index is 2940. The number of carbonyl (C=O) groups is 2. The molecular weight excluding hydrogens is 910 g/mol. The van der Waals surface area contributed by atoms with Gasteiger partial charge in [0.25, 0.3) is 5.91 Å². The van der Waals surface area contributed by atoms with Gasteiger partial charge in [0.1, 0.15) is 11.8 Å². The lowest BCUT2D eigenvalue weighted by atomic mass is 9.92. The molecule has 0 radical (unpaired) electrons. The van der Waals surface area contributed by atoms with Crippen LogP contribution in [0.15, 0.2) is 182 Å². The minimum Gasteiger partial charge on any atom is -0.507 e. The molecule has 0 aliphatic carbocycles. The molecule has 316 valence electrons. The number of H-pyrrole nitrogens is 4. The van der Waals surface area contributed by atoms with Crippen LogP contribution in [-0.2, 0) is 11.2 Å². The van der Waals surface area contributed by atoms with Crippen LogP contribution < -0.4 is 5.32 Å². The molecule has 0 saturated carbocycles. The lowest BCUT2D eigenvalue weighted by Crippen LogP contribution is -2.42. The molecule has 3 atom stereocenters. The summed E-state index contributed by atoms with van der Waals surface area (Å²) in [5, 5.41) is 22.7. The number of phenols is 1. The van der Waals surface area contributed by atoms with Crippen LogP contribution in [0.1, 0.15) is 107 Å². The average molecular weight is 954 g/mol. The molecule has 10 heteroatoms. The molecule has 64 heavy (non-hydrogen) atoms. The van der Waals surface area contributed by atoms with Crippen molar-refractivity contribution in [2.45, 2.75) is 36.1 Å². The van der Waals surface area contributed by atoms with Crippen LogP contribution in [0.2, 0.25) is 0 Å². The molecule has 0 spiro atoms. The van der Waals surface area contributed by atoms with Crippen LogP contribution in [-0.4, -0.2) is 48.1 Å². The number of hydrogen-bond donors (Lipinski definition) is 7. The van der Waals surface area contributed by atoms with Crippen molar-refractivity contribution >= 4 is 34.5 Å². The summed E-state index contributed by atoms with van der Waals surface area (Å²) < 4.78 is 0.605. The third-order valence-electron chi connectivity index (χ3n) is 12.4. The number of aromatic hydroxyl groups is 1. The molecule has 8 bridgehead atoms. The van der Waals surface area contributed by atoms with Gasteiger partial charge in [0.05, 0.1) is 27.2 Å². The van der Waals surface area contributed by atoms with E-state index in [0.29, 0.717) is 14.7 Å². The van der Waals surface area contributed by atoms with E-state index in [1.54, 1.807) is 24.3 Å². The Morgan fingerprint density at radius 1 is 0.484 bits per heavy atom. The van der Waals surface area contributed by atoms with Crippen LogP contribution in [0.4, 0.5) is 0 Å². The van der Waals surface area contributed by atoms with Crippen molar-refractivity contribution in [1.82, 2.24) is 25.3 Å². The summed E-state index contributed by atoms with van der Waals surface area (Å²) in [4.78, 5) is 41.5. The number of aromatic amines is 4. The van der Waals surface area contributed by atoms with Gasteiger partial charge in [-0.05, 0) is 123 Å². The second-order valence-electron chi connectivity index (χ2n) is 16.4. The standard InChI is InChI=1S/C54H44IN5O4/c55-38-30-32(16-29-48(38)61)31-47(54(63)64)60-53(62)37-19-17-36(18-20-37)52-45-27-25-43(58-45)50(34-12-6-2-7-13-34)41-23-21-39(56-41)49(33-10-4-1-5-11-33)40-22-24-42(57-40)51(35-14-8-3-9-15-35)44-26-28-46(52)59-44/h1-30,47,49-52,56-59,61H,31H2,(H,60,62)(H,63,64)/t47-,49?,50?,51?,52?/m0/s1. The van der Waals surface area contributed by atoms with E-state index in [1.165, 1.54) is 11.6 Å². The zero-order valence-corrected chi connectivity index (χ0v) is 36.7. The number of phenolic OH excluding ortho intramolecular Hbond substituents is 1. The number of benzene rings is 5. The van der Waals surface area contributed by atoms with Gasteiger partial charge in [-0.3, -0.25) is 4.79 Å². The van der Waals surface area contributed by atoms with Crippen molar-refractivity contribution < 1.29 is 19.8 Å². The van der Waals surface area contributed by atoms with Gasteiger partial charge < -0.3 is 35.5 Å². The van der Waals surface area contributed by atoms with E-state index in [1.807, 2.05) is 46.9 Å². The summed E-state index contributed by atoms with van der Waals surface area (Å²) >= 11 is 2.00. The van der Waals surface area contributed by atoms with Gasteiger partial charge in [-0.2, -0.15) is 0 Å². The number of amides is 1. The van der Waals surface area contributed by atoms with E-state index >= 15 is 0 Å². The summed E-state index contributed by atoms with van der Waals surface area (Å²) in [5.41, 5.74) is 13.7. The smallest absolute Gasteiger partial charge is 0.326 e. The number of halogens is 1. The zero-order chi connectivity index (χ0) is 43.7. The first-order valence-corrected chi connectivity index (χ1v) is 22.4. The second-order valence-corrected chi connectivity index (χ2v) is 17.6. The van der Waals surface area contributed by atoms with Gasteiger partial charge in [-0.25, -0.2) is 4.79 Å². The van der Waals surface area contributed by atoms with Crippen LogP contribution in [0.25, 0.3) is 0 Å². The van der Waals surface area contributed by atoms with E-state index in [-0.39, 0.29) is 35.8 Å². The first-order valence-electron chi connectivity index (χ1n) is 21.3.